The summed E-state index contributed by atoms with van der Waals surface area (Å²) < 4.78 is 16.3. The van der Waals surface area contributed by atoms with Crippen molar-refractivity contribution in [3.05, 3.63) is 88.0 Å². The number of ketones is 1. The Kier molecular flexibility index (Phi) is 6.96. The van der Waals surface area contributed by atoms with E-state index in [1.54, 1.807) is 55.5 Å². The Labute approximate surface area is 229 Å². The largest absolute Gasteiger partial charge is 0.507 e. The highest BCUT2D eigenvalue weighted by Crippen LogP contribution is 2.45. The van der Waals surface area contributed by atoms with Gasteiger partial charge in [-0.2, -0.15) is 0 Å². The highest BCUT2D eigenvalue weighted by molar-refractivity contribution is 7.17. The number of aromatic nitrogens is 1. The van der Waals surface area contributed by atoms with Gasteiger partial charge in [0.2, 0.25) is 0 Å². The number of aliphatic hydroxyl groups is 1. The number of ether oxygens (including phenoxy) is 3. The molecule has 2 aliphatic heterocycles. The van der Waals surface area contributed by atoms with Crippen molar-refractivity contribution in [2.75, 3.05) is 18.6 Å². The average Bonchev–Trinajstić information content (AvgIpc) is 3.58. The summed E-state index contributed by atoms with van der Waals surface area (Å²) in [7, 11) is 1.25. The fourth-order valence-electron chi connectivity index (χ4n) is 4.77. The molecule has 0 aliphatic carbocycles. The first kappa shape index (κ1) is 26.2. The number of nitrogens with zero attached hydrogens (tertiary/aromatic N) is 2. The van der Waals surface area contributed by atoms with Gasteiger partial charge in [-0.25, -0.2) is 9.78 Å². The molecule has 2 aromatic carbocycles. The minimum atomic E-state index is -1.03. The Morgan fingerprint density at radius 2 is 2.08 bits per heavy atom. The molecule has 2 atom stereocenters. The Morgan fingerprint density at radius 3 is 2.82 bits per heavy atom. The molecule has 1 saturated heterocycles. The van der Waals surface area contributed by atoms with Crippen LogP contribution in [0.5, 0.6) is 11.5 Å². The summed E-state index contributed by atoms with van der Waals surface area (Å²) in [6.45, 7) is 7.49. The molecule has 3 heterocycles. The monoisotopic (exact) mass is 546 g/mol. The second-order valence-corrected chi connectivity index (χ2v) is 10.2. The van der Waals surface area contributed by atoms with Crippen molar-refractivity contribution in [3.63, 3.8) is 0 Å². The lowest BCUT2D eigenvalue weighted by atomic mass is 9.94. The van der Waals surface area contributed by atoms with Gasteiger partial charge >= 0.3 is 11.9 Å². The summed E-state index contributed by atoms with van der Waals surface area (Å²) in [5, 5.41) is 11.6. The van der Waals surface area contributed by atoms with Crippen molar-refractivity contribution in [2.45, 2.75) is 32.4 Å². The van der Waals surface area contributed by atoms with E-state index < -0.39 is 23.7 Å². The molecule has 5 rings (SSSR count). The quantitative estimate of drug-likeness (QED) is 0.148. The molecular formula is C29H26N2O7S. The third-order valence-corrected chi connectivity index (χ3v) is 7.65. The molecule has 0 radical (unpaired) electrons. The Hall–Kier alpha value is -4.44. The van der Waals surface area contributed by atoms with E-state index in [1.807, 2.05) is 6.92 Å². The van der Waals surface area contributed by atoms with Crippen molar-refractivity contribution in [1.29, 1.82) is 0 Å². The molecule has 39 heavy (non-hydrogen) atoms. The van der Waals surface area contributed by atoms with Crippen LogP contribution in [0.2, 0.25) is 0 Å². The van der Waals surface area contributed by atoms with E-state index in [1.165, 1.54) is 12.0 Å². The zero-order chi connectivity index (χ0) is 27.8. The number of carbonyl (C=O) groups is 3. The van der Waals surface area contributed by atoms with Gasteiger partial charge in [0.05, 0.1) is 24.4 Å². The van der Waals surface area contributed by atoms with Crippen LogP contribution >= 0.6 is 11.3 Å². The molecule has 0 unspecified atom stereocenters. The molecule has 0 spiro atoms. The first-order valence-corrected chi connectivity index (χ1v) is 13.1. The molecule has 9 nitrogen and oxygen atoms in total. The van der Waals surface area contributed by atoms with E-state index in [4.69, 9.17) is 14.2 Å². The number of amides is 1. The molecule has 1 fully saturated rings. The Balaban J connectivity index is 1.68. The zero-order valence-corrected chi connectivity index (χ0v) is 22.4. The summed E-state index contributed by atoms with van der Waals surface area (Å²) in [5.74, 6) is -1.44. The fraction of sp³-hybridized carbons (Fsp3) is 0.241. The number of aliphatic hydroxyl groups excluding tert-OH is 1. The number of rotatable bonds is 7. The van der Waals surface area contributed by atoms with E-state index >= 15 is 0 Å². The van der Waals surface area contributed by atoms with Crippen LogP contribution in [0, 0.1) is 6.92 Å². The molecule has 3 aromatic rings. The summed E-state index contributed by atoms with van der Waals surface area (Å²) in [5.41, 5.74) is 2.07. The third-order valence-electron chi connectivity index (χ3n) is 6.52. The number of hydrogen-bond donors (Lipinski definition) is 1. The van der Waals surface area contributed by atoms with E-state index in [9.17, 15) is 19.5 Å². The molecule has 1 amide bonds. The molecule has 0 bridgehead atoms. The van der Waals surface area contributed by atoms with Crippen molar-refractivity contribution in [1.82, 2.24) is 4.98 Å². The maximum Gasteiger partial charge on any atom is 0.350 e. The highest BCUT2D eigenvalue weighted by atomic mass is 32.1. The van der Waals surface area contributed by atoms with E-state index in [-0.39, 0.29) is 34.1 Å². The van der Waals surface area contributed by atoms with Gasteiger partial charge in [-0.3, -0.25) is 14.5 Å². The van der Waals surface area contributed by atoms with Gasteiger partial charge in [-0.05, 0) is 55.3 Å². The van der Waals surface area contributed by atoms with Crippen molar-refractivity contribution >= 4 is 39.9 Å². The number of carbonyl (C=O) groups excluding carboxylic acids is 3. The van der Waals surface area contributed by atoms with Gasteiger partial charge in [-0.1, -0.05) is 36.1 Å². The number of Topliss-reactive ketones (excluding diaryl/α,β-unsaturated/α-hetero) is 1. The lowest BCUT2D eigenvalue weighted by molar-refractivity contribution is -0.132. The van der Waals surface area contributed by atoms with E-state index in [0.29, 0.717) is 29.0 Å². The number of hydrogen-bond acceptors (Lipinski definition) is 9. The maximum atomic E-state index is 13.5. The second-order valence-electron chi connectivity index (χ2n) is 9.20. The molecule has 1 N–H and O–H groups in total. The number of esters is 1. The van der Waals surface area contributed by atoms with Gasteiger partial charge in [0, 0.05) is 12.0 Å². The molecule has 200 valence electrons. The molecule has 0 saturated carbocycles. The van der Waals surface area contributed by atoms with Gasteiger partial charge in [0.1, 0.15) is 34.8 Å². The number of fused-ring (bicyclic) bond motifs is 1. The van der Waals surface area contributed by atoms with Gasteiger partial charge in [0.25, 0.3) is 5.78 Å². The smallest absolute Gasteiger partial charge is 0.350 e. The minimum absolute atomic E-state index is 0.00145. The topological polar surface area (TPSA) is 115 Å². The average molecular weight is 547 g/mol. The zero-order valence-electron chi connectivity index (χ0n) is 21.6. The summed E-state index contributed by atoms with van der Waals surface area (Å²) in [6.07, 6.45) is 2.26. The predicted octanol–water partition coefficient (Wildman–Crippen LogP) is 4.75. The van der Waals surface area contributed by atoms with Crippen LogP contribution in [0.15, 0.2) is 60.7 Å². The Morgan fingerprint density at radius 1 is 1.28 bits per heavy atom. The molecule has 2 aliphatic rings. The van der Waals surface area contributed by atoms with Crippen LogP contribution in [-0.2, 0) is 20.7 Å². The number of aryl methyl sites for hydroxylation is 1. The third kappa shape index (κ3) is 4.67. The SMILES string of the molecule is C=CCOc1cccc([C@@H]2C(=C(O)c3ccc4c(c3)C[C@@H](C)O4)C(=O)C(=O)N2c2nc(C)c(C(=O)OC)s2)c1. The predicted molar refractivity (Wildman–Crippen MR) is 145 cm³/mol. The number of benzene rings is 2. The highest BCUT2D eigenvalue weighted by Gasteiger charge is 2.48. The number of thiazole rings is 1. The number of methoxy groups -OCH3 is 1. The molecule has 1 aromatic heterocycles. The van der Waals surface area contributed by atoms with Crippen molar-refractivity contribution < 1.29 is 33.7 Å². The lowest BCUT2D eigenvalue weighted by Gasteiger charge is -2.23. The van der Waals surface area contributed by atoms with Crippen LogP contribution in [0.25, 0.3) is 5.76 Å². The Bertz CT molecular complexity index is 1540. The van der Waals surface area contributed by atoms with Gasteiger partial charge in [0.15, 0.2) is 5.13 Å². The summed E-state index contributed by atoms with van der Waals surface area (Å²) in [4.78, 5) is 45.1. The summed E-state index contributed by atoms with van der Waals surface area (Å²) >= 11 is 0.940. The first-order chi connectivity index (χ1) is 18.7. The second kappa shape index (κ2) is 10.4. The van der Waals surface area contributed by atoms with Crippen LogP contribution in [0.3, 0.4) is 0 Å². The fourth-order valence-corrected chi connectivity index (χ4v) is 5.78. The van der Waals surface area contributed by atoms with Crippen LogP contribution in [0.1, 0.15) is 45.0 Å². The van der Waals surface area contributed by atoms with Gasteiger partial charge in [-0.15, -0.1) is 0 Å². The summed E-state index contributed by atoms with van der Waals surface area (Å²) in [6, 6.07) is 11.0. The van der Waals surface area contributed by atoms with Crippen LogP contribution < -0.4 is 14.4 Å². The van der Waals surface area contributed by atoms with Gasteiger partial charge < -0.3 is 19.3 Å². The van der Waals surface area contributed by atoms with Crippen molar-refractivity contribution in [3.8, 4) is 11.5 Å². The van der Waals surface area contributed by atoms with Crippen LogP contribution in [0.4, 0.5) is 5.13 Å². The van der Waals surface area contributed by atoms with E-state index in [0.717, 1.165) is 22.6 Å². The number of anilines is 1. The van der Waals surface area contributed by atoms with Crippen molar-refractivity contribution in [2.24, 2.45) is 0 Å². The standard InChI is InChI=1S/C29H26N2O7S/c1-5-11-37-20-8-6-7-17(14-20)23-22(24(32)18-9-10-21-19(13-18)12-15(2)38-21)25(33)27(34)31(23)29-30-16(3)26(39-29)28(35)36-4/h5-10,13-15,23,32H,1,11-12H2,2-4H3/t15-,23-/m1/s1. The molecular weight excluding hydrogens is 520 g/mol. The molecule has 10 heteroatoms. The maximum absolute atomic E-state index is 13.5. The normalized spacial score (nSPS) is 19.5. The van der Waals surface area contributed by atoms with E-state index in [2.05, 4.69) is 11.6 Å². The first-order valence-electron chi connectivity index (χ1n) is 12.2. The minimum Gasteiger partial charge on any atom is -0.507 e. The van der Waals surface area contributed by atoms with Crippen LogP contribution in [-0.4, -0.2) is 47.6 Å². The lowest BCUT2D eigenvalue weighted by Crippen LogP contribution is -2.29.